The summed E-state index contributed by atoms with van der Waals surface area (Å²) in [5.41, 5.74) is 1.05. The van der Waals surface area contributed by atoms with E-state index in [-0.39, 0.29) is 16.7 Å². The molecule has 0 bridgehead atoms. The van der Waals surface area contributed by atoms with Crippen molar-refractivity contribution in [2.45, 2.75) is 10.8 Å². The quantitative estimate of drug-likeness (QED) is 0.589. The second-order valence-corrected chi connectivity index (χ2v) is 9.38. The third kappa shape index (κ3) is 4.72. The molecule has 0 saturated carbocycles. The van der Waals surface area contributed by atoms with Crippen LogP contribution in [0.3, 0.4) is 0 Å². The molecule has 2 N–H and O–H groups in total. The molecule has 0 spiro atoms. The number of sulfonamides is 1. The van der Waals surface area contributed by atoms with Crippen LogP contribution >= 0.6 is 27.3 Å². The Bertz CT molecular complexity index is 1000. The summed E-state index contributed by atoms with van der Waals surface area (Å²) in [6.45, 7) is 0.270. The van der Waals surface area contributed by atoms with Gasteiger partial charge in [-0.05, 0) is 48.5 Å². The summed E-state index contributed by atoms with van der Waals surface area (Å²) in [7, 11) is -3.66. The Morgan fingerprint density at radius 2 is 1.65 bits per heavy atom. The predicted molar refractivity (Wildman–Crippen MR) is 107 cm³/mol. The second kappa shape index (κ2) is 8.03. The molecule has 0 aliphatic carbocycles. The van der Waals surface area contributed by atoms with Gasteiger partial charge in [0.1, 0.15) is 4.21 Å². The lowest BCUT2D eigenvalue weighted by atomic mass is 10.2. The van der Waals surface area contributed by atoms with E-state index in [4.69, 9.17) is 0 Å². The van der Waals surface area contributed by atoms with Crippen molar-refractivity contribution in [3.8, 4) is 0 Å². The van der Waals surface area contributed by atoms with Crippen LogP contribution in [-0.4, -0.2) is 14.3 Å². The van der Waals surface area contributed by atoms with E-state index in [1.807, 2.05) is 6.07 Å². The van der Waals surface area contributed by atoms with Crippen LogP contribution in [0.1, 0.15) is 15.2 Å². The number of halogens is 1. The first kappa shape index (κ1) is 18.6. The van der Waals surface area contributed by atoms with E-state index >= 15 is 0 Å². The second-order valence-electron chi connectivity index (χ2n) is 5.38. The number of hydrogen-bond donors (Lipinski definition) is 2. The lowest BCUT2D eigenvalue weighted by molar-refractivity contribution is 0.0951. The minimum absolute atomic E-state index is 0.198. The zero-order valence-electron chi connectivity index (χ0n) is 13.5. The van der Waals surface area contributed by atoms with Gasteiger partial charge in [-0.3, -0.25) is 9.52 Å². The van der Waals surface area contributed by atoms with Gasteiger partial charge in [-0.25, -0.2) is 8.42 Å². The number of carbonyl (C=O) groups is 1. The molecule has 0 radical (unpaired) electrons. The standard InChI is InChI=1S/C18H15BrN2O3S2/c19-14-6-8-15(9-7-14)21-26(23,24)17-11-10-16(25-17)12-20-18(22)13-4-2-1-3-5-13/h1-11,21H,12H2,(H,20,22). The van der Waals surface area contributed by atoms with Gasteiger partial charge in [0.2, 0.25) is 0 Å². The molecule has 0 fully saturated rings. The summed E-state index contributed by atoms with van der Waals surface area (Å²) < 4.78 is 28.5. The monoisotopic (exact) mass is 450 g/mol. The summed E-state index contributed by atoms with van der Waals surface area (Å²) in [5, 5.41) is 2.79. The number of amides is 1. The van der Waals surface area contributed by atoms with Crippen molar-refractivity contribution < 1.29 is 13.2 Å². The first-order valence-electron chi connectivity index (χ1n) is 7.64. The van der Waals surface area contributed by atoms with Crippen molar-refractivity contribution in [1.29, 1.82) is 0 Å². The van der Waals surface area contributed by atoms with Crippen molar-refractivity contribution in [3.05, 3.63) is 81.6 Å². The molecule has 26 heavy (non-hydrogen) atoms. The van der Waals surface area contributed by atoms with Gasteiger partial charge >= 0.3 is 0 Å². The van der Waals surface area contributed by atoms with E-state index in [0.29, 0.717) is 11.3 Å². The van der Waals surface area contributed by atoms with E-state index in [1.165, 1.54) is 6.07 Å². The van der Waals surface area contributed by atoms with Crippen molar-refractivity contribution in [2.75, 3.05) is 4.72 Å². The Labute approximate surface area is 164 Å². The van der Waals surface area contributed by atoms with Gasteiger partial charge in [-0.2, -0.15) is 0 Å². The fourth-order valence-electron chi connectivity index (χ4n) is 2.18. The fourth-order valence-corrected chi connectivity index (χ4v) is 4.80. The van der Waals surface area contributed by atoms with Crippen LogP contribution < -0.4 is 10.0 Å². The Balaban J connectivity index is 1.65. The maximum Gasteiger partial charge on any atom is 0.271 e. The number of nitrogens with one attached hydrogen (secondary N) is 2. The molecule has 0 aliphatic rings. The normalized spacial score (nSPS) is 11.1. The summed E-state index contributed by atoms with van der Waals surface area (Å²) in [6, 6.07) is 19.0. The van der Waals surface area contributed by atoms with E-state index in [2.05, 4.69) is 26.0 Å². The molecule has 134 valence electrons. The lowest BCUT2D eigenvalue weighted by Gasteiger charge is -2.06. The van der Waals surface area contributed by atoms with Crippen LogP contribution in [0.4, 0.5) is 5.69 Å². The van der Waals surface area contributed by atoms with E-state index in [9.17, 15) is 13.2 Å². The van der Waals surface area contributed by atoms with Gasteiger partial charge < -0.3 is 5.32 Å². The number of carbonyl (C=O) groups excluding carboxylic acids is 1. The summed E-state index contributed by atoms with van der Waals surface area (Å²) in [5.74, 6) is -0.198. The molecule has 0 atom stereocenters. The summed E-state index contributed by atoms with van der Waals surface area (Å²) in [4.78, 5) is 12.8. The molecule has 8 heteroatoms. The largest absolute Gasteiger partial charge is 0.347 e. The first-order chi connectivity index (χ1) is 12.4. The molecule has 5 nitrogen and oxygen atoms in total. The first-order valence-corrected chi connectivity index (χ1v) is 10.7. The van der Waals surface area contributed by atoms with Crippen molar-refractivity contribution in [2.24, 2.45) is 0 Å². The number of rotatable bonds is 6. The molecular formula is C18H15BrN2O3S2. The maximum absolute atomic E-state index is 12.5. The summed E-state index contributed by atoms with van der Waals surface area (Å²) in [6.07, 6.45) is 0. The Morgan fingerprint density at radius 1 is 0.962 bits per heavy atom. The fraction of sp³-hybridized carbons (Fsp3) is 0.0556. The minimum Gasteiger partial charge on any atom is -0.347 e. The van der Waals surface area contributed by atoms with Crippen molar-refractivity contribution in [1.82, 2.24) is 5.32 Å². The van der Waals surface area contributed by atoms with Gasteiger partial charge in [0.15, 0.2) is 0 Å². The number of anilines is 1. The molecule has 0 saturated heterocycles. The highest BCUT2D eigenvalue weighted by Gasteiger charge is 2.17. The number of benzene rings is 2. The van der Waals surface area contributed by atoms with Crippen LogP contribution in [0.25, 0.3) is 0 Å². The molecule has 3 aromatic rings. The highest BCUT2D eigenvalue weighted by Crippen LogP contribution is 2.24. The highest BCUT2D eigenvalue weighted by atomic mass is 79.9. The van der Waals surface area contributed by atoms with Crippen molar-refractivity contribution >= 4 is 48.9 Å². The van der Waals surface area contributed by atoms with Gasteiger partial charge in [0.05, 0.1) is 6.54 Å². The predicted octanol–water partition coefficient (Wildman–Crippen LogP) is 4.24. The van der Waals surface area contributed by atoms with Gasteiger partial charge in [-0.15, -0.1) is 11.3 Å². The van der Waals surface area contributed by atoms with Crippen LogP contribution in [0.2, 0.25) is 0 Å². The van der Waals surface area contributed by atoms with Crippen molar-refractivity contribution in [3.63, 3.8) is 0 Å². The average molecular weight is 451 g/mol. The number of hydrogen-bond acceptors (Lipinski definition) is 4. The highest BCUT2D eigenvalue weighted by molar-refractivity contribution is 9.10. The average Bonchev–Trinajstić information content (AvgIpc) is 3.12. The van der Waals surface area contributed by atoms with Crippen LogP contribution in [0.15, 0.2) is 75.4 Å². The Morgan fingerprint density at radius 3 is 2.35 bits per heavy atom. The number of thiophene rings is 1. The Kier molecular flexibility index (Phi) is 5.75. The Hall–Kier alpha value is -2.16. The van der Waals surface area contributed by atoms with E-state index in [1.54, 1.807) is 54.6 Å². The third-order valence-corrected chi connectivity index (χ3v) is 6.94. The topological polar surface area (TPSA) is 75.3 Å². The maximum atomic E-state index is 12.5. The van der Waals surface area contributed by atoms with Crippen LogP contribution in [0, 0.1) is 0 Å². The molecular weight excluding hydrogens is 436 g/mol. The van der Waals surface area contributed by atoms with Crippen LogP contribution in [-0.2, 0) is 16.6 Å². The smallest absolute Gasteiger partial charge is 0.271 e. The molecule has 1 aromatic heterocycles. The zero-order valence-corrected chi connectivity index (χ0v) is 16.7. The zero-order chi connectivity index (χ0) is 18.6. The molecule has 0 unspecified atom stereocenters. The minimum atomic E-state index is -3.66. The molecule has 1 heterocycles. The molecule has 3 rings (SSSR count). The van der Waals surface area contributed by atoms with E-state index < -0.39 is 10.0 Å². The van der Waals surface area contributed by atoms with Gasteiger partial charge in [0, 0.05) is 20.6 Å². The van der Waals surface area contributed by atoms with Gasteiger partial charge in [-0.1, -0.05) is 34.1 Å². The third-order valence-electron chi connectivity index (χ3n) is 3.46. The summed E-state index contributed by atoms with van der Waals surface area (Å²) >= 11 is 4.43. The molecule has 0 aliphatic heterocycles. The van der Waals surface area contributed by atoms with Crippen LogP contribution in [0.5, 0.6) is 0 Å². The SMILES string of the molecule is O=C(NCc1ccc(S(=O)(=O)Nc2ccc(Br)cc2)s1)c1ccccc1. The van der Waals surface area contributed by atoms with E-state index in [0.717, 1.165) is 20.7 Å². The lowest BCUT2D eigenvalue weighted by Crippen LogP contribution is -2.22. The molecule has 1 amide bonds. The van der Waals surface area contributed by atoms with Gasteiger partial charge in [0.25, 0.3) is 15.9 Å². The molecule has 2 aromatic carbocycles.